The molecule has 1 saturated carbocycles. The lowest BCUT2D eigenvalue weighted by Crippen LogP contribution is -2.01. The van der Waals surface area contributed by atoms with Crippen molar-refractivity contribution in [3.63, 3.8) is 0 Å². The third-order valence-corrected chi connectivity index (χ3v) is 2.33. The highest BCUT2D eigenvalue weighted by Crippen LogP contribution is 2.15. The Morgan fingerprint density at radius 2 is 2.23 bits per heavy atom. The van der Waals surface area contributed by atoms with E-state index in [0.717, 1.165) is 18.7 Å². The molecule has 0 amide bonds. The Labute approximate surface area is 77.6 Å². The monoisotopic (exact) mass is 178 g/mol. The molecule has 4 nitrogen and oxygen atoms in total. The number of aryl methyl sites for hydroxylation is 1. The van der Waals surface area contributed by atoms with Crippen LogP contribution in [0.5, 0.6) is 0 Å². The number of anilines is 1. The fraction of sp³-hybridized carbons (Fsp3) is 0.556. The standard InChI is InChI=1S/C9H14N4/c1-13-9(6-7-10-13)12-11-8-4-2-3-5-8/h6-7,12H,2-5H2,1H3. The molecular formula is C9H14N4. The van der Waals surface area contributed by atoms with Crippen molar-refractivity contribution < 1.29 is 0 Å². The molecule has 0 bridgehead atoms. The molecule has 70 valence electrons. The fourth-order valence-electron chi connectivity index (χ4n) is 1.51. The maximum absolute atomic E-state index is 4.33. The largest absolute Gasteiger partial charge is 0.262 e. The van der Waals surface area contributed by atoms with Crippen LogP contribution in [0.15, 0.2) is 17.4 Å². The highest BCUT2D eigenvalue weighted by Gasteiger charge is 2.07. The highest BCUT2D eigenvalue weighted by molar-refractivity contribution is 5.86. The van der Waals surface area contributed by atoms with Crippen LogP contribution in [-0.2, 0) is 7.05 Å². The van der Waals surface area contributed by atoms with Gasteiger partial charge < -0.3 is 0 Å². The summed E-state index contributed by atoms with van der Waals surface area (Å²) in [5.74, 6) is 0.944. The molecule has 1 aromatic rings. The smallest absolute Gasteiger partial charge is 0.144 e. The molecular weight excluding hydrogens is 164 g/mol. The molecule has 0 aromatic carbocycles. The molecule has 0 saturated heterocycles. The summed E-state index contributed by atoms with van der Waals surface area (Å²) in [6.45, 7) is 0. The fourth-order valence-corrected chi connectivity index (χ4v) is 1.51. The van der Waals surface area contributed by atoms with Crippen molar-refractivity contribution in [2.75, 3.05) is 5.43 Å². The van der Waals surface area contributed by atoms with Crippen LogP contribution in [0.3, 0.4) is 0 Å². The first kappa shape index (κ1) is 8.29. The minimum absolute atomic E-state index is 0.944. The lowest BCUT2D eigenvalue weighted by Gasteiger charge is -2.01. The second kappa shape index (κ2) is 3.60. The molecule has 1 aliphatic rings. The molecule has 0 radical (unpaired) electrons. The second-order valence-electron chi connectivity index (χ2n) is 3.34. The Balaban J connectivity index is 1.99. The van der Waals surface area contributed by atoms with Crippen LogP contribution in [0.1, 0.15) is 25.7 Å². The summed E-state index contributed by atoms with van der Waals surface area (Å²) >= 11 is 0. The van der Waals surface area contributed by atoms with E-state index < -0.39 is 0 Å². The van der Waals surface area contributed by atoms with Gasteiger partial charge in [0.1, 0.15) is 5.82 Å². The van der Waals surface area contributed by atoms with Crippen LogP contribution in [-0.4, -0.2) is 15.5 Å². The van der Waals surface area contributed by atoms with Crippen molar-refractivity contribution >= 4 is 11.5 Å². The van der Waals surface area contributed by atoms with E-state index in [-0.39, 0.29) is 0 Å². The van der Waals surface area contributed by atoms with Gasteiger partial charge in [0.25, 0.3) is 0 Å². The van der Waals surface area contributed by atoms with Crippen molar-refractivity contribution in [1.82, 2.24) is 9.78 Å². The van der Waals surface area contributed by atoms with E-state index in [2.05, 4.69) is 15.6 Å². The number of hydrogen-bond donors (Lipinski definition) is 1. The molecule has 1 heterocycles. The maximum atomic E-state index is 4.33. The Morgan fingerprint density at radius 1 is 1.46 bits per heavy atom. The van der Waals surface area contributed by atoms with Crippen molar-refractivity contribution in [3.05, 3.63) is 12.3 Å². The number of rotatable bonds is 2. The highest BCUT2D eigenvalue weighted by atomic mass is 15.4. The molecule has 1 N–H and O–H groups in total. The average Bonchev–Trinajstić information content (AvgIpc) is 2.72. The van der Waals surface area contributed by atoms with Gasteiger partial charge in [0.05, 0.1) is 6.20 Å². The zero-order valence-electron chi connectivity index (χ0n) is 7.82. The average molecular weight is 178 g/mol. The summed E-state index contributed by atoms with van der Waals surface area (Å²) in [5, 5.41) is 8.38. The topological polar surface area (TPSA) is 42.2 Å². The minimum atomic E-state index is 0.944. The normalized spacial score (nSPS) is 16.2. The van der Waals surface area contributed by atoms with E-state index in [9.17, 15) is 0 Å². The van der Waals surface area contributed by atoms with Gasteiger partial charge in [-0.25, -0.2) is 0 Å². The van der Waals surface area contributed by atoms with Gasteiger partial charge in [-0.05, 0) is 25.7 Å². The second-order valence-corrected chi connectivity index (χ2v) is 3.34. The molecule has 0 atom stereocenters. The molecule has 0 aliphatic heterocycles. The first-order chi connectivity index (χ1) is 6.36. The van der Waals surface area contributed by atoms with E-state index in [1.165, 1.54) is 18.6 Å². The predicted molar refractivity (Wildman–Crippen MR) is 52.7 cm³/mol. The molecule has 0 spiro atoms. The summed E-state index contributed by atoms with van der Waals surface area (Å²) in [6.07, 6.45) is 6.62. The molecule has 4 heteroatoms. The summed E-state index contributed by atoms with van der Waals surface area (Å²) in [6, 6.07) is 1.92. The Morgan fingerprint density at radius 3 is 2.85 bits per heavy atom. The van der Waals surface area contributed by atoms with Crippen LogP contribution in [0.25, 0.3) is 0 Å². The van der Waals surface area contributed by atoms with Gasteiger partial charge in [0.15, 0.2) is 0 Å². The number of nitrogens with zero attached hydrogens (tertiary/aromatic N) is 3. The minimum Gasteiger partial charge on any atom is -0.262 e. The number of hydrazone groups is 1. The van der Waals surface area contributed by atoms with Gasteiger partial charge in [-0.2, -0.15) is 10.2 Å². The molecule has 1 fully saturated rings. The Bertz CT molecular complexity index is 305. The molecule has 1 aliphatic carbocycles. The first-order valence-corrected chi connectivity index (χ1v) is 4.66. The van der Waals surface area contributed by atoms with Crippen molar-refractivity contribution in [3.8, 4) is 0 Å². The predicted octanol–water partition coefficient (Wildman–Crippen LogP) is 1.76. The lowest BCUT2D eigenvalue weighted by molar-refractivity contribution is 0.771. The van der Waals surface area contributed by atoms with Gasteiger partial charge in [-0.1, -0.05) is 0 Å². The molecule has 13 heavy (non-hydrogen) atoms. The van der Waals surface area contributed by atoms with Gasteiger partial charge in [0.2, 0.25) is 0 Å². The van der Waals surface area contributed by atoms with Crippen molar-refractivity contribution in [1.29, 1.82) is 0 Å². The zero-order valence-corrected chi connectivity index (χ0v) is 7.82. The van der Waals surface area contributed by atoms with E-state index in [4.69, 9.17) is 0 Å². The van der Waals surface area contributed by atoms with Crippen LogP contribution >= 0.6 is 0 Å². The quantitative estimate of drug-likeness (QED) is 0.701. The van der Waals surface area contributed by atoms with Gasteiger partial charge in [-0.15, -0.1) is 0 Å². The third kappa shape index (κ3) is 1.88. The first-order valence-electron chi connectivity index (χ1n) is 4.66. The Kier molecular flexibility index (Phi) is 2.29. The van der Waals surface area contributed by atoms with Crippen molar-refractivity contribution in [2.45, 2.75) is 25.7 Å². The van der Waals surface area contributed by atoms with Crippen LogP contribution in [0.4, 0.5) is 5.82 Å². The van der Waals surface area contributed by atoms with Crippen LogP contribution in [0.2, 0.25) is 0 Å². The van der Waals surface area contributed by atoms with Gasteiger partial charge in [-0.3, -0.25) is 10.1 Å². The SMILES string of the molecule is Cn1nccc1NN=C1CCCC1. The van der Waals surface area contributed by atoms with E-state index >= 15 is 0 Å². The summed E-state index contributed by atoms with van der Waals surface area (Å²) in [4.78, 5) is 0. The summed E-state index contributed by atoms with van der Waals surface area (Å²) < 4.78 is 1.78. The number of aromatic nitrogens is 2. The Hall–Kier alpha value is -1.32. The van der Waals surface area contributed by atoms with E-state index in [1.807, 2.05) is 13.1 Å². The van der Waals surface area contributed by atoms with Crippen LogP contribution in [0, 0.1) is 0 Å². The number of hydrogen-bond acceptors (Lipinski definition) is 3. The summed E-state index contributed by atoms with van der Waals surface area (Å²) in [7, 11) is 1.90. The van der Waals surface area contributed by atoms with Gasteiger partial charge >= 0.3 is 0 Å². The molecule has 2 rings (SSSR count). The molecule has 1 aromatic heterocycles. The summed E-state index contributed by atoms with van der Waals surface area (Å²) in [5.41, 5.74) is 4.30. The van der Waals surface area contributed by atoms with Gasteiger partial charge in [0, 0.05) is 18.8 Å². The third-order valence-electron chi connectivity index (χ3n) is 2.33. The molecule has 0 unspecified atom stereocenters. The maximum Gasteiger partial charge on any atom is 0.144 e. The van der Waals surface area contributed by atoms with Crippen molar-refractivity contribution in [2.24, 2.45) is 12.1 Å². The lowest BCUT2D eigenvalue weighted by atomic mass is 10.3. The zero-order chi connectivity index (χ0) is 9.10. The number of nitrogens with one attached hydrogen (secondary N) is 1. The van der Waals surface area contributed by atoms with E-state index in [0.29, 0.717) is 0 Å². The van der Waals surface area contributed by atoms with Crippen LogP contribution < -0.4 is 5.43 Å². The van der Waals surface area contributed by atoms with E-state index in [1.54, 1.807) is 10.9 Å².